The number of hydrogen-bond donors (Lipinski definition) is 1. The van der Waals surface area contributed by atoms with Crippen LogP contribution < -0.4 is 5.32 Å². The Labute approximate surface area is 119 Å². The summed E-state index contributed by atoms with van der Waals surface area (Å²) < 4.78 is 2.18. The van der Waals surface area contributed by atoms with E-state index >= 15 is 0 Å². The Morgan fingerprint density at radius 3 is 3.05 bits per heavy atom. The van der Waals surface area contributed by atoms with Gasteiger partial charge in [0.2, 0.25) is 5.91 Å². The molecular formula is C12H14N4OS2. The maximum absolute atomic E-state index is 11.3. The van der Waals surface area contributed by atoms with Gasteiger partial charge in [-0.15, -0.1) is 21.5 Å². The van der Waals surface area contributed by atoms with E-state index in [9.17, 15) is 4.79 Å². The Morgan fingerprint density at radius 1 is 1.58 bits per heavy atom. The Bertz CT molecular complexity index is 575. The van der Waals surface area contributed by atoms with Crippen molar-refractivity contribution in [2.24, 2.45) is 0 Å². The summed E-state index contributed by atoms with van der Waals surface area (Å²) in [5, 5.41) is 14.0. The summed E-state index contributed by atoms with van der Waals surface area (Å²) in [5.41, 5.74) is 0. The van der Waals surface area contributed by atoms with E-state index in [-0.39, 0.29) is 5.91 Å². The normalized spacial score (nSPS) is 14.6. The molecule has 2 aromatic rings. The third-order valence-electron chi connectivity index (χ3n) is 2.93. The molecule has 1 fully saturated rings. The average molecular weight is 294 g/mol. The SMILES string of the molecule is CNC(=O)CSc1nnc(-c2cccs2)n1C1CC1. The first-order chi connectivity index (χ1) is 9.29. The van der Waals surface area contributed by atoms with Crippen molar-refractivity contribution in [3.8, 4) is 10.7 Å². The predicted molar refractivity (Wildman–Crippen MR) is 76.4 cm³/mol. The van der Waals surface area contributed by atoms with Crippen LogP contribution in [0.4, 0.5) is 0 Å². The van der Waals surface area contributed by atoms with Crippen molar-refractivity contribution in [1.29, 1.82) is 0 Å². The molecule has 1 saturated carbocycles. The fourth-order valence-corrected chi connectivity index (χ4v) is 3.40. The summed E-state index contributed by atoms with van der Waals surface area (Å²) in [4.78, 5) is 12.5. The molecule has 0 aliphatic heterocycles. The van der Waals surface area contributed by atoms with Gasteiger partial charge in [-0.2, -0.15) is 0 Å². The number of thiophene rings is 1. The minimum Gasteiger partial charge on any atom is -0.358 e. The Balaban J connectivity index is 1.86. The number of carbonyl (C=O) groups is 1. The van der Waals surface area contributed by atoms with E-state index in [1.807, 2.05) is 11.4 Å². The lowest BCUT2D eigenvalue weighted by molar-refractivity contribution is -0.118. The van der Waals surface area contributed by atoms with E-state index in [2.05, 4.69) is 26.1 Å². The van der Waals surface area contributed by atoms with E-state index in [4.69, 9.17) is 0 Å². The highest BCUT2D eigenvalue weighted by atomic mass is 32.2. The van der Waals surface area contributed by atoms with Gasteiger partial charge in [-0.3, -0.25) is 9.36 Å². The maximum atomic E-state index is 11.3. The number of aromatic nitrogens is 3. The van der Waals surface area contributed by atoms with Gasteiger partial charge in [-0.25, -0.2) is 0 Å². The van der Waals surface area contributed by atoms with Crippen LogP contribution in [-0.2, 0) is 4.79 Å². The molecule has 2 aromatic heterocycles. The molecular weight excluding hydrogens is 280 g/mol. The Hall–Kier alpha value is -1.34. The zero-order chi connectivity index (χ0) is 13.2. The highest BCUT2D eigenvalue weighted by Gasteiger charge is 2.30. The summed E-state index contributed by atoms with van der Waals surface area (Å²) in [5.74, 6) is 1.32. The molecule has 5 nitrogen and oxygen atoms in total. The van der Waals surface area contributed by atoms with E-state index in [0.717, 1.165) is 15.9 Å². The Morgan fingerprint density at radius 2 is 2.42 bits per heavy atom. The molecule has 19 heavy (non-hydrogen) atoms. The summed E-state index contributed by atoms with van der Waals surface area (Å²) in [6, 6.07) is 4.57. The molecule has 0 atom stereocenters. The lowest BCUT2D eigenvalue weighted by atomic mass is 10.4. The second-order valence-corrected chi connectivity index (χ2v) is 6.24. The first-order valence-corrected chi connectivity index (χ1v) is 7.98. The van der Waals surface area contributed by atoms with Crippen molar-refractivity contribution >= 4 is 29.0 Å². The van der Waals surface area contributed by atoms with Crippen LogP contribution in [-0.4, -0.2) is 33.5 Å². The summed E-state index contributed by atoms with van der Waals surface area (Å²) in [6.07, 6.45) is 2.34. The largest absolute Gasteiger partial charge is 0.358 e. The lowest BCUT2D eigenvalue weighted by Crippen LogP contribution is -2.20. The molecule has 2 heterocycles. The zero-order valence-electron chi connectivity index (χ0n) is 10.5. The molecule has 0 unspecified atom stereocenters. The molecule has 0 aromatic carbocycles. The molecule has 1 aliphatic rings. The number of amides is 1. The van der Waals surface area contributed by atoms with Gasteiger partial charge in [0, 0.05) is 13.1 Å². The fraction of sp³-hybridized carbons (Fsp3) is 0.417. The first kappa shape index (κ1) is 12.7. The molecule has 0 saturated heterocycles. The predicted octanol–water partition coefficient (Wildman–Crippen LogP) is 2.18. The van der Waals surface area contributed by atoms with Crippen molar-refractivity contribution in [3.05, 3.63) is 17.5 Å². The number of rotatable bonds is 5. The van der Waals surface area contributed by atoms with Crippen molar-refractivity contribution < 1.29 is 4.79 Å². The minimum atomic E-state index is 0.00743. The van der Waals surface area contributed by atoms with Crippen LogP contribution in [0, 0.1) is 0 Å². The van der Waals surface area contributed by atoms with Gasteiger partial charge in [0.05, 0.1) is 10.6 Å². The third kappa shape index (κ3) is 2.66. The van der Waals surface area contributed by atoms with Crippen LogP contribution in [0.5, 0.6) is 0 Å². The van der Waals surface area contributed by atoms with E-state index in [1.165, 1.54) is 24.6 Å². The lowest BCUT2D eigenvalue weighted by Gasteiger charge is -2.07. The van der Waals surface area contributed by atoms with Crippen LogP contribution in [0.25, 0.3) is 10.7 Å². The minimum absolute atomic E-state index is 0.00743. The second kappa shape index (κ2) is 5.34. The van der Waals surface area contributed by atoms with E-state index in [1.54, 1.807) is 18.4 Å². The molecule has 0 bridgehead atoms. The summed E-state index contributed by atoms with van der Waals surface area (Å²) in [6.45, 7) is 0. The number of thioether (sulfide) groups is 1. The van der Waals surface area contributed by atoms with Crippen molar-refractivity contribution in [3.63, 3.8) is 0 Å². The maximum Gasteiger partial charge on any atom is 0.230 e. The fourth-order valence-electron chi connectivity index (χ4n) is 1.81. The Kier molecular flexibility index (Phi) is 3.56. The number of carbonyl (C=O) groups excluding carboxylic acids is 1. The van der Waals surface area contributed by atoms with Gasteiger partial charge in [0.15, 0.2) is 11.0 Å². The average Bonchev–Trinajstić information content (AvgIpc) is 2.96. The second-order valence-electron chi connectivity index (χ2n) is 4.35. The van der Waals surface area contributed by atoms with Gasteiger partial charge >= 0.3 is 0 Å². The zero-order valence-corrected chi connectivity index (χ0v) is 12.1. The molecule has 100 valence electrons. The highest BCUT2D eigenvalue weighted by Crippen LogP contribution is 2.41. The summed E-state index contributed by atoms with van der Waals surface area (Å²) in [7, 11) is 1.64. The third-order valence-corrected chi connectivity index (χ3v) is 4.74. The van der Waals surface area contributed by atoms with Crippen molar-refractivity contribution in [1.82, 2.24) is 20.1 Å². The standard InChI is InChI=1S/C12H14N4OS2/c1-13-10(17)7-19-12-15-14-11(9-3-2-6-18-9)16(12)8-4-5-8/h2-3,6,8H,4-5,7H2,1H3,(H,13,17). The highest BCUT2D eigenvalue weighted by molar-refractivity contribution is 7.99. The van der Waals surface area contributed by atoms with Gasteiger partial charge < -0.3 is 5.32 Å². The van der Waals surface area contributed by atoms with E-state index in [0.29, 0.717) is 11.8 Å². The quantitative estimate of drug-likeness (QED) is 0.859. The number of nitrogens with one attached hydrogen (secondary N) is 1. The molecule has 0 radical (unpaired) electrons. The van der Waals surface area contributed by atoms with Crippen molar-refractivity contribution in [2.75, 3.05) is 12.8 Å². The van der Waals surface area contributed by atoms with Gasteiger partial charge in [0.1, 0.15) is 0 Å². The molecule has 1 amide bonds. The van der Waals surface area contributed by atoms with Crippen LogP contribution in [0.2, 0.25) is 0 Å². The molecule has 1 aliphatic carbocycles. The van der Waals surface area contributed by atoms with Gasteiger partial charge in [-0.05, 0) is 24.3 Å². The monoisotopic (exact) mass is 294 g/mol. The van der Waals surface area contributed by atoms with Gasteiger partial charge in [0.25, 0.3) is 0 Å². The smallest absolute Gasteiger partial charge is 0.230 e. The van der Waals surface area contributed by atoms with Crippen LogP contribution in [0.15, 0.2) is 22.7 Å². The van der Waals surface area contributed by atoms with Crippen LogP contribution >= 0.6 is 23.1 Å². The number of hydrogen-bond acceptors (Lipinski definition) is 5. The van der Waals surface area contributed by atoms with Crippen molar-refractivity contribution in [2.45, 2.75) is 24.0 Å². The first-order valence-electron chi connectivity index (χ1n) is 6.11. The van der Waals surface area contributed by atoms with Gasteiger partial charge in [-0.1, -0.05) is 17.8 Å². The van der Waals surface area contributed by atoms with Crippen LogP contribution in [0.1, 0.15) is 18.9 Å². The van der Waals surface area contributed by atoms with E-state index < -0.39 is 0 Å². The molecule has 7 heteroatoms. The molecule has 0 spiro atoms. The molecule has 3 rings (SSSR count). The van der Waals surface area contributed by atoms with Crippen LogP contribution in [0.3, 0.4) is 0 Å². The topological polar surface area (TPSA) is 59.8 Å². The summed E-state index contributed by atoms with van der Waals surface area (Å²) >= 11 is 3.11. The number of nitrogens with zero attached hydrogens (tertiary/aromatic N) is 3. The molecule has 1 N–H and O–H groups in total.